The Balaban J connectivity index is 2.41. The van der Waals surface area contributed by atoms with Gasteiger partial charge in [0.25, 0.3) is 5.91 Å². The van der Waals surface area contributed by atoms with E-state index in [9.17, 15) is 9.59 Å². The number of ether oxygens (including phenoxy) is 4. The third-order valence-corrected chi connectivity index (χ3v) is 3.53. The molecule has 0 unspecified atom stereocenters. The van der Waals surface area contributed by atoms with Gasteiger partial charge in [-0.05, 0) is 12.1 Å². The van der Waals surface area contributed by atoms with Crippen LogP contribution < -0.4 is 19.5 Å². The van der Waals surface area contributed by atoms with Crippen LogP contribution in [0, 0.1) is 0 Å². The summed E-state index contributed by atoms with van der Waals surface area (Å²) in [4.78, 5) is 24.5. The summed E-state index contributed by atoms with van der Waals surface area (Å²) in [5, 5.41) is 2.69. The Kier molecular flexibility index (Phi) is 5.84. The van der Waals surface area contributed by atoms with E-state index in [0.29, 0.717) is 22.9 Å². The number of esters is 1. The van der Waals surface area contributed by atoms with Gasteiger partial charge in [-0.2, -0.15) is 0 Å². The molecule has 2 rings (SSSR count). The first kappa shape index (κ1) is 18.1. The third kappa shape index (κ3) is 3.82. The molecule has 0 aliphatic carbocycles. The number of carbonyl (C=O) groups excluding carboxylic acids is 2. The molecule has 7 nitrogen and oxygen atoms in total. The molecule has 0 saturated carbocycles. The van der Waals surface area contributed by atoms with Crippen LogP contribution in [0.15, 0.2) is 36.4 Å². The Morgan fingerprint density at radius 2 is 1.40 bits per heavy atom. The van der Waals surface area contributed by atoms with Crippen molar-refractivity contribution in [1.29, 1.82) is 0 Å². The van der Waals surface area contributed by atoms with E-state index in [2.05, 4.69) is 5.32 Å². The summed E-state index contributed by atoms with van der Waals surface area (Å²) >= 11 is 0. The van der Waals surface area contributed by atoms with Crippen molar-refractivity contribution in [2.75, 3.05) is 33.8 Å². The standard InChI is InChI=1S/C18H19NO6/c1-22-14-10-16(24-3)15(23-2)9-12(14)17(20)19-13-8-6-5-7-11(13)18(21)25-4/h5-10H,1-4H3,(H,19,20). The van der Waals surface area contributed by atoms with Crippen molar-refractivity contribution in [2.45, 2.75) is 0 Å². The van der Waals surface area contributed by atoms with Gasteiger partial charge >= 0.3 is 5.97 Å². The molecule has 25 heavy (non-hydrogen) atoms. The lowest BCUT2D eigenvalue weighted by atomic mass is 10.1. The van der Waals surface area contributed by atoms with Gasteiger partial charge in [0, 0.05) is 12.1 Å². The highest BCUT2D eigenvalue weighted by Gasteiger charge is 2.20. The molecule has 2 aromatic rings. The number of para-hydroxylation sites is 1. The predicted molar refractivity (Wildman–Crippen MR) is 91.8 cm³/mol. The van der Waals surface area contributed by atoms with Crippen LogP contribution in [0.4, 0.5) is 5.69 Å². The molecular weight excluding hydrogens is 326 g/mol. The number of rotatable bonds is 6. The van der Waals surface area contributed by atoms with Crippen molar-refractivity contribution in [3.8, 4) is 17.2 Å². The molecule has 1 amide bonds. The van der Waals surface area contributed by atoms with E-state index >= 15 is 0 Å². The van der Waals surface area contributed by atoms with E-state index in [1.165, 1.54) is 34.5 Å². The van der Waals surface area contributed by atoms with Gasteiger partial charge in [-0.1, -0.05) is 12.1 Å². The van der Waals surface area contributed by atoms with Gasteiger partial charge in [-0.25, -0.2) is 4.79 Å². The van der Waals surface area contributed by atoms with Gasteiger partial charge in [0.2, 0.25) is 0 Å². The number of hydrogen-bond donors (Lipinski definition) is 1. The summed E-state index contributed by atoms with van der Waals surface area (Å²) in [7, 11) is 5.68. The fourth-order valence-electron chi connectivity index (χ4n) is 2.28. The summed E-state index contributed by atoms with van der Waals surface area (Å²) in [5.41, 5.74) is 0.814. The quantitative estimate of drug-likeness (QED) is 0.811. The van der Waals surface area contributed by atoms with E-state index in [1.807, 2.05) is 0 Å². The lowest BCUT2D eigenvalue weighted by Crippen LogP contribution is -2.16. The second kappa shape index (κ2) is 8.05. The molecule has 0 radical (unpaired) electrons. The zero-order chi connectivity index (χ0) is 18.4. The lowest BCUT2D eigenvalue weighted by molar-refractivity contribution is 0.0602. The summed E-state index contributed by atoms with van der Waals surface area (Å²) in [5.74, 6) is 0.121. The maximum Gasteiger partial charge on any atom is 0.339 e. The highest BCUT2D eigenvalue weighted by molar-refractivity contribution is 6.09. The first-order chi connectivity index (χ1) is 12.0. The van der Waals surface area contributed by atoms with Crippen molar-refractivity contribution >= 4 is 17.6 Å². The molecule has 0 aromatic heterocycles. The Labute approximate surface area is 145 Å². The SMILES string of the molecule is COC(=O)c1ccccc1NC(=O)c1cc(OC)c(OC)cc1OC. The summed E-state index contributed by atoms with van der Waals surface area (Å²) < 4.78 is 20.4. The monoisotopic (exact) mass is 345 g/mol. The summed E-state index contributed by atoms with van der Waals surface area (Å²) in [6.07, 6.45) is 0. The van der Waals surface area contributed by atoms with E-state index < -0.39 is 11.9 Å². The Morgan fingerprint density at radius 3 is 2.00 bits per heavy atom. The van der Waals surface area contributed by atoms with Crippen molar-refractivity contribution in [3.05, 3.63) is 47.5 Å². The molecule has 0 atom stereocenters. The van der Waals surface area contributed by atoms with Crippen LogP contribution in [0.5, 0.6) is 17.2 Å². The normalized spacial score (nSPS) is 9.92. The molecule has 0 bridgehead atoms. The van der Waals surface area contributed by atoms with Gasteiger partial charge in [-0.15, -0.1) is 0 Å². The van der Waals surface area contributed by atoms with E-state index in [-0.39, 0.29) is 11.1 Å². The fraction of sp³-hybridized carbons (Fsp3) is 0.222. The Bertz CT molecular complexity index is 787. The number of amides is 1. The highest BCUT2D eigenvalue weighted by atomic mass is 16.5. The minimum atomic E-state index is -0.546. The van der Waals surface area contributed by atoms with E-state index in [0.717, 1.165) is 0 Å². The van der Waals surface area contributed by atoms with Crippen LogP contribution in [0.25, 0.3) is 0 Å². The largest absolute Gasteiger partial charge is 0.496 e. The molecule has 2 aromatic carbocycles. The zero-order valence-electron chi connectivity index (χ0n) is 14.4. The minimum absolute atomic E-state index is 0.236. The molecule has 1 N–H and O–H groups in total. The number of benzene rings is 2. The van der Waals surface area contributed by atoms with Crippen LogP contribution in [-0.2, 0) is 4.74 Å². The predicted octanol–water partition coefficient (Wildman–Crippen LogP) is 2.75. The van der Waals surface area contributed by atoms with Gasteiger partial charge < -0.3 is 24.3 Å². The smallest absolute Gasteiger partial charge is 0.339 e. The molecule has 0 aliphatic rings. The van der Waals surface area contributed by atoms with Crippen molar-refractivity contribution in [2.24, 2.45) is 0 Å². The number of anilines is 1. The third-order valence-electron chi connectivity index (χ3n) is 3.53. The molecule has 0 heterocycles. The van der Waals surface area contributed by atoms with Crippen LogP contribution in [0.3, 0.4) is 0 Å². The lowest BCUT2D eigenvalue weighted by Gasteiger charge is -2.15. The van der Waals surface area contributed by atoms with Gasteiger partial charge in [0.1, 0.15) is 5.75 Å². The second-order valence-corrected chi connectivity index (χ2v) is 4.90. The second-order valence-electron chi connectivity index (χ2n) is 4.90. The molecular formula is C18H19NO6. The number of hydrogen-bond acceptors (Lipinski definition) is 6. The number of methoxy groups -OCH3 is 4. The molecule has 132 valence electrons. The Hall–Kier alpha value is -3.22. The van der Waals surface area contributed by atoms with Crippen LogP contribution in [-0.4, -0.2) is 40.3 Å². The highest BCUT2D eigenvalue weighted by Crippen LogP contribution is 2.35. The molecule has 7 heteroatoms. The van der Waals surface area contributed by atoms with Crippen molar-refractivity contribution in [1.82, 2.24) is 0 Å². The minimum Gasteiger partial charge on any atom is -0.496 e. The van der Waals surface area contributed by atoms with Crippen LogP contribution in [0.1, 0.15) is 20.7 Å². The maximum absolute atomic E-state index is 12.7. The average molecular weight is 345 g/mol. The number of carbonyl (C=O) groups is 2. The molecule has 0 fully saturated rings. The molecule has 0 aliphatic heterocycles. The van der Waals surface area contributed by atoms with E-state index in [4.69, 9.17) is 18.9 Å². The van der Waals surface area contributed by atoms with Crippen molar-refractivity contribution in [3.63, 3.8) is 0 Å². The van der Waals surface area contributed by atoms with Gasteiger partial charge in [0.05, 0.1) is 45.3 Å². The van der Waals surface area contributed by atoms with E-state index in [1.54, 1.807) is 30.3 Å². The average Bonchev–Trinajstić information content (AvgIpc) is 2.66. The molecule has 0 saturated heterocycles. The van der Waals surface area contributed by atoms with Gasteiger partial charge in [-0.3, -0.25) is 4.79 Å². The summed E-state index contributed by atoms with van der Waals surface area (Å²) in [6.45, 7) is 0. The zero-order valence-corrected chi connectivity index (χ0v) is 14.4. The topological polar surface area (TPSA) is 83.1 Å². The number of nitrogens with one attached hydrogen (secondary N) is 1. The Morgan fingerprint density at radius 1 is 0.800 bits per heavy atom. The van der Waals surface area contributed by atoms with Crippen LogP contribution in [0.2, 0.25) is 0 Å². The molecule has 0 spiro atoms. The van der Waals surface area contributed by atoms with Gasteiger partial charge in [0.15, 0.2) is 11.5 Å². The maximum atomic E-state index is 12.7. The summed E-state index contributed by atoms with van der Waals surface area (Å²) in [6, 6.07) is 9.62. The van der Waals surface area contributed by atoms with Crippen LogP contribution >= 0.6 is 0 Å². The van der Waals surface area contributed by atoms with Crippen molar-refractivity contribution < 1.29 is 28.5 Å². The first-order valence-corrected chi connectivity index (χ1v) is 7.34. The first-order valence-electron chi connectivity index (χ1n) is 7.34. The fourth-order valence-corrected chi connectivity index (χ4v) is 2.28.